The summed E-state index contributed by atoms with van der Waals surface area (Å²) in [5.74, 6) is -1.19. The Bertz CT molecular complexity index is 613. The molecule has 0 aliphatic heterocycles. The highest BCUT2D eigenvalue weighted by molar-refractivity contribution is 5.86. The molecule has 0 unspecified atom stereocenters. The van der Waals surface area contributed by atoms with E-state index in [0.717, 1.165) is 10.9 Å². The minimum absolute atomic E-state index is 0.291. The fraction of sp³-hybridized carbons (Fsp3) is 0.214. The molecule has 0 radical (unpaired) electrons. The smallest absolute Gasteiger partial charge is 0.331 e. The molecular weight excluding hydrogens is 233 g/mol. The van der Waals surface area contributed by atoms with Crippen molar-refractivity contribution in [1.82, 2.24) is 4.57 Å². The van der Waals surface area contributed by atoms with Crippen LogP contribution in [0.25, 0.3) is 10.9 Å². The molecule has 1 N–H and O–H groups in total. The molecule has 0 fully saturated rings. The van der Waals surface area contributed by atoms with E-state index < -0.39 is 5.97 Å². The van der Waals surface area contributed by atoms with Gasteiger partial charge in [-0.15, -0.1) is 0 Å². The van der Waals surface area contributed by atoms with Gasteiger partial charge in [-0.2, -0.15) is 0 Å². The van der Waals surface area contributed by atoms with Gasteiger partial charge in [0.1, 0.15) is 5.82 Å². The molecule has 0 amide bonds. The maximum absolute atomic E-state index is 13.2. The summed E-state index contributed by atoms with van der Waals surface area (Å²) in [7, 11) is 0. The number of allylic oxidation sites excluding steroid dienone is 1. The van der Waals surface area contributed by atoms with Crippen molar-refractivity contribution in [2.45, 2.75) is 19.9 Å². The number of nitrogens with zero attached hydrogens (tertiary/aromatic N) is 1. The van der Waals surface area contributed by atoms with E-state index in [0.29, 0.717) is 18.5 Å². The van der Waals surface area contributed by atoms with Crippen LogP contribution < -0.4 is 0 Å². The van der Waals surface area contributed by atoms with Gasteiger partial charge in [-0.25, -0.2) is 9.18 Å². The molecule has 2 rings (SSSR count). The van der Waals surface area contributed by atoms with Gasteiger partial charge in [0.15, 0.2) is 0 Å². The van der Waals surface area contributed by atoms with Gasteiger partial charge in [-0.1, -0.05) is 13.0 Å². The number of carboxylic acid groups (broad SMARTS) is 1. The second kappa shape index (κ2) is 5.04. The first-order chi connectivity index (χ1) is 8.61. The molecule has 0 saturated carbocycles. The Balaban J connectivity index is 2.32. The molecular formula is C14H14FNO2. The summed E-state index contributed by atoms with van der Waals surface area (Å²) in [5.41, 5.74) is 1.14. The topological polar surface area (TPSA) is 42.2 Å². The third kappa shape index (κ3) is 2.42. The van der Waals surface area contributed by atoms with Crippen LogP contribution in [0.1, 0.15) is 13.3 Å². The maximum atomic E-state index is 13.2. The van der Waals surface area contributed by atoms with Crippen LogP contribution in [0.2, 0.25) is 0 Å². The number of carbonyl (C=O) groups is 1. The van der Waals surface area contributed by atoms with Gasteiger partial charge >= 0.3 is 5.97 Å². The van der Waals surface area contributed by atoms with E-state index in [9.17, 15) is 9.18 Å². The van der Waals surface area contributed by atoms with Crippen molar-refractivity contribution in [2.24, 2.45) is 0 Å². The highest BCUT2D eigenvalue weighted by Crippen LogP contribution is 2.17. The van der Waals surface area contributed by atoms with Crippen molar-refractivity contribution >= 4 is 16.9 Å². The molecule has 3 nitrogen and oxygen atoms in total. The molecule has 1 aromatic carbocycles. The average molecular weight is 247 g/mol. The number of halogens is 1. The number of aliphatic carboxylic acids is 1. The Morgan fingerprint density at radius 1 is 1.44 bits per heavy atom. The van der Waals surface area contributed by atoms with Gasteiger partial charge in [0.2, 0.25) is 0 Å². The molecule has 2 aromatic rings. The molecule has 1 aromatic heterocycles. The van der Waals surface area contributed by atoms with Crippen LogP contribution in [0.5, 0.6) is 0 Å². The van der Waals surface area contributed by atoms with Crippen molar-refractivity contribution < 1.29 is 14.3 Å². The molecule has 1 heterocycles. The van der Waals surface area contributed by atoms with Crippen molar-refractivity contribution in [3.8, 4) is 0 Å². The van der Waals surface area contributed by atoms with E-state index in [1.54, 1.807) is 19.1 Å². The van der Waals surface area contributed by atoms with Gasteiger partial charge in [0.25, 0.3) is 0 Å². The lowest BCUT2D eigenvalue weighted by molar-refractivity contribution is -0.132. The zero-order valence-corrected chi connectivity index (χ0v) is 10.1. The summed E-state index contributed by atoms with van der Waals surface area (Å²) >= 11 is 0. The molecule has 4 heteroatoms. The van der Waals surface area contributed by atoms with Crippen LogP contribution >= 0.6 is 0 Å². The molecule has 0 aliphatic carbocycles. The largest absolute Gasteiger partial charge is 0.478 e. The Kier molecular flexibility index (Phi) is 3.46. The monoisotopic (exact) mass is 247 g/mol. The Morgan fingerprint density at radius 2 is 2.22 bits per heavy atom. The summed E-state index contributed by atoms with van der Waals surface area (Å²) in [6, 6.07) is 6.46. The third-order valence-corrected chi connectivity index (χ3v) is 2.93. The first kappa shape index (κ1) is 12.4. The number of hydrogen-bond donors (Lipinski definition) is 1. The van der Waals surface area contributed by atoms with Gasteiger partial charge < -0.3 is 9.67 Å². The zero-order chi connectivity index (χ0) is 13.1. The first-order valence-corrected chi connectivity index (χ1v) is 5.78. The zero-order valence-electron chi connectivity index (χ0n) is 10.1. The molecule has 0 spiro atoms. The van der Waals surface area contributed by atoms with E-state index >= 15 is 0 Å². The van der Waals surface area contributed by atoms with Crippen LogP contribution in [0.4, 0.5) is 4.39 Å². The van der Waals surface area contributed by atoms with Crippen LogP contribution in [-0.4, -0.2) is 15.6 Å². The van der Waals surface area contributed by atoms with E-state index in [4.69, 9.17) is 5.11 Å². The van der Waals surface area contributed by atoms with Crippen LogP contribution in [-0.2, 0) is 11.3 Å². The first-order valence-electron chi connectivity index (χ1n) is 5.78. The number of fused-ring (bicyclic) bond motifs is 1. The van der Waals surface area contributed by atoms with E-state index in [1.165, 1.54) is 12.1 Å². The predicted octanol–water partition coefficient (Wildman–Crippen LogP) is 3.20. The SMILES string of the molecule is CCC(=CCn1ccc2ccc(F)cc21)C(=O)O. The second-order valence-corrected chi connectivity index (χ2v) is 4.06. The normalized spacial score (nSPS) is 12.0. The van der Waals surface area contributed by atoms with E-state index in [-0.39, 0.29) is 5.82 Å². The molecule has 0 aliphatic rings. The van der Waals surface area contributed by atoms with Crippen molar-refractivity contribution in [3.05, 3.63) is 47.9 Å². The Hall–Kier alpha value is -2.10. The lowest BCUT2D eigenvalue weighted by Gasteiger charge is -2.03. The molecule has 0 atom stereocenters. The minimum Gasteiger partial charge on any atom is -0.478 e. The summed E-state index contributed by atoms with van der Waals surface area (Å²) in [6.07, 6.45) is 3.96. The number of hydrogen-bond acceptors (Lipinski definition) is 1. The highest BCUT2D eigenvalue weighted by Gasteiger charge is 2.05. The summed E-state index contributed by atoms with van der Waals surface area (Å²) in [4.78, 5) is 10.9. The number of rotatable bonds is 4. The minimum atomic E-state index is -0.903. The van der Waals surface area contributed by atoms with Crippen molar-refractivity contribution in [3.63, 3.8) is 0 Å². The number of carboxylic acids is 1. The van der Waals surface area contributed by atoms with E-state index in [1.807, 2.05) is 16.8 Å². The third-order valence-electron chi connectivity index (χ3n) is 2.93. The summed E-state index contributed by atoms with van der Waals surface area (Å²) < 4.78 is 15.0. The fourth-order valence-electron chi connectivity index (χ4n) is 1.91. The van der Waals surface area contributed by atoms with Gasteiger partial charge in [0.05, 0.1) is 5.52 Å². The number of aromatic nitrogens is 1. The lowest BCUT2D eigenvalue weighted by Crippen LogP contribution is -2.02. The van der Waals surface area contributed by atoms with Crippen LogP contribution in [0.15, 0.2) is 42.1 Å². The molecule has 0 saturated heterocycles. The molecule has 18 heavy (non-hydrogen) atoms. The summed E-state index contributed by atoms with van der Waals surface area (Å²) in [5, 5.41) is 9.86. The molecule has 94 valence electrons. The van der Waals surface area contributed by atoms with Gasteiger partial charge in [0, 0.05) is 18.3 Å². The van der Waals surface area contributed by atoms with Gasteiger partial charge in [-0.3, -0.25) is 0 Å². The van der Waals surface area contributed by atoms with Crippen molar-refractivity contribution in [2.75, 3.05) is 0 Å². The summed E-state index contributed by atoms with van der Waals surface area (Å²) in [6.45, 7) is 2.23. The van der Waals surface area contributed by atoms with Gasteiger partial charge in [-0.05, 0) is 36.1 Å². The average Bonchev–Trinajstić information content (AvgIpc) is 2.72. The highest BCUT2D eigenvalue weighted by atomic mass is 19.1. The van der Waals surface area contributed by atoms with Crippen molar-refractivity contribution in [1.29, 1.82) is 0 Å². The predicted molar refractivity (Wildman–Crippen MR) is 67.9 cm³/mol. The van der Waals surface area contributed by atoms with E-state index in [2.05, 4.69) is 0 Å². The quantitative estimate of drug-likeness (QED) is 0.843. The van der Waals surface area contributed by atoms with Crippen LogP contribution in [0.3, 0.4) is 0 Å². The fourth-order valence-corrected chi connectivity index (χ4v) is 1.91. The molecule has 0 bridgehead atoms. The second-order valence-electron chi connectivity index (χ2n) is 4.06. The Morgan fingerprint density at radius 3 is 2.89 bits per heavy atom. The number of benzene rings is 1. The standard InChI is InChI=1S/C14H14FNO2/c1-2-10(14(17)18)5-7-16-8-6-11-3-4-12(15)9-13(11)16/h3-6,8-9H,2,7H2,1H3,(H,17,18). The van der Waals surface area contributed by atoms with Crippen LogP contribution in [0, 0.1) is 5.82 Å². The Labute approximate surface area is 104 Å². The maximum Gasteiger partial charge on any atom is 0.331 e. The lowest BCUT2D eigenvalue weighted by atomic mass is 10.2.